The summed E-state index contributed by atoms with van der Waals surface area (Å²) in [5, 5.41) is 3.78. The van der Waals surface area contributed by atoms with E-state index in [2.05, 4.69) is 45.3 Å². The van der Waals surface area contributed by atoms with Gasteiger partial charge in [0, 0.05) is 24.1 Å². The number of benzene rings is 3. The lowest BCUT2D eigenvalue weighted by Crippen LogP contribution is -2.37. The number of carbonyl (C=O) groups is 1. The van der Waals surface area contributed by atoms with Crippen molar-refractivity contribution in [3.05, 3.63) is 102 Å². The molecule has 1 aliphatic heterocycles. The van der Waals surface area contributed by atoms with Crippen molar-refractivity contribution >= 4 is 15.9 Å². The first kappa shape index (κ1) is 24.7. The Kier molecular flexibility index (Phi) is 7.51. The Morgan fingerprint density at radius 1 is 0.861 bits per heavy atom. The third-order valence-electron chi connectivity index (χ3n) is 7.30. The van der Waals surface area contributed by atoms with Crippen LogP contribution >= 0.6 is 0 Å². The van der Waals surface area contributed by atoms with Gasteiger partial charge in [-0.1, -0.05) is 60.7 Å². The summed E-state index contributed by atoms with van der Waals surface area (Å²) < 4.78 is 26.9. The molecule has 1 saturated heterocycles. The van der Waals surface area contributed by atoms with Crippen LogP contribution < -0.4 is 10.0 Å². The van der Waals surface area contributed by atoms with Crippen LogP contribution in [-0.4, -0.2) is 44.9 Å². The lowest BCUT2D eigenvalue weighted by Gasteiger charge is -2.32. The van der Waals surface area contributed by atoms with Gasteiger partial charge in [0.2, 0.25) is 0 Å². The van der Waals surface area contributed by atoms with Crippen LogP contribution in [0.4, 0.5) is 0 Å². The molecule has 188 valence electrons. The molecule has 3 aromatic rings. The van der Waals surface area contributed by atoms with Gasteiger partial charge < -0.3 is 5.32 Å². The summed E-state index contributed by atoms with van der Waals surface area (Å²) in [6.07, 6.45) is 3.62. The Morgan fingerprint density at radius 2 is 1.50 bits per heavy atom. The van der Waals surface area contributed by atoms with Crippen LogP contribution in [0.1, 0.15) is 46.7 Å². The minimum atomic E-state index is -3.88. The van der Waals surface area contributed by atoms with E-state index >= 15 is 0 Å². The third-order valence-corrected chi connectivity index (χ3v) is 8.64. The number of piperidine rings is 1. The molecule has 0 unspecified atom stereocenters. The second kappa shape index (κ2) is 10.9. The quantitative estimate of drug-likeness (QED) is 0.458. The van der Waals surface area contributed by atoms with Gasteiger partial charge in [0.25, 0.3) is 15.9 Å². The minimum Gasteiger partial charge on any atom is -0.313 e. The lowest BCUT2D eigenvalue weighted by atomic mass is 9.96. The van der Waals surface area contributed by atoms with Gasteiger partial charge in [-0.25, -0.2) is 13.1 Å². The first-order valence-corrected chi connectivity index (χ1v) is 14.2. The van der Waals surface area contributed by atoms with Crippen LogP contribution in [0.25, 0.3) is 0 Å². The lowest BCUT2D eigenvalue weighted by molar-refractivity contribution is 0.0981. The maximum atomic E-state index is 12.5. The molecular formula is C29H33N3O3S. The Hall–Kier alpha value is -3.00. The third kappa shape index (κ3) is 6.22. The number of sulfonamides is 1. The minimum absolute atomic E-state index is 0.0710. The Bertz CT molecular complexity index is 1260. The molecule has 1 saturated carbocycles. The van der Waals surface area contributed by atoms with Gasteiger partial charge in [0.15, 0.2) is 0 Å². The van der Waals surface area contributed by atoms with E-state index in [1.165, 1.54) is 37.0 Å². The number of nitrogens with one attached hydrogen (secondary N) is 2. The summed E-state index contributed by atoms with van der Waals surface area (Å²) in [7, 11) is -3.88. The van der Waals surface area contributed by atoms with Gasteiger partial charge in [-0.15, -0.1) is 0 Å². The number of amides is 1. The van der Waals surface area contributed by atoms with Crippen LogP contribution in [-0.2, 0) is 16.6 Å². The van der Waals surface area contributed by atoms with E-state index in [4.69, 9.17) is 0 Å². The molecule has 1 aliphatic carbocycles. The highest BCUT2D eigenvalue weighted by Gasteiger charge is 2.38. The Morgan fingerprint density at radius 3 is 2.17 bits per heavy atom. The zero-order valence-electron chi connectivity index (χ0n) is 20.3. The first-order valence-electron chi connectivity index (χ1n) is 12.7. The fourth-order valence-electron chi connectivity index (χ4n) is 5.02. The van der Waals surface area contributed by atoms with Gasteiger partial charge in [-0.3, -0.25) is 9.69 Å². The van der Waals surface area contributed by atoms with Gasteiger partial charge in [0.1, 0.15) is 0 Å². The number of nitrogens with zero attached hydrogens (tertiary/aromatic N) is 1. The van der Waals surface area contributed by atoms with Gasteiger partial charge >= 0.3 is 0 Å². The number of carbonyl (C=O) groups excluding carboxylic acids is 1. The highest BCUT2D eigenvalue weighted by Crippen LogP contribution is 2.40. The molecule has 1 heterocycles. The van der Waals surface area contributed by atoms with Crippen LogP contribution in [0, 0.1) is 5.92 Å². The maximum absolute atomic E-state index is 12.5. The van der Waals surface area contributed by atoms with Crippen LogP contribution in [0.3, 0.4) is 0 Å². The van der Waals surface area contributed by atoms with Crippen molar-refractivity contribution in [1.29, 1.82) is 0 Å². The molecular weight excluding hydrogens is 470 g/mol. The first-order chi connectivity index (χ1) is 17.5. The molecule has 0 aromatic heterocycles. The molecule has 6 nitrogen and oxygen atoms in total. The number of likely N-dealkylation sites (tertiary alicyclic amines) is 1. The topological polar surface area (TPSA) is 78.5 Å². The number of hydrogen-bond acceptors (Lipinski definition) is 5. The van der Waals surface area contributed by atoms with Crippen molar-refractivity contribution in [2.24, 2.45) is 5.92 Å². The number of rotatable bonds is 9. The second-order valence-electron chi connectivity index (χ2n) is 9.93. The predicted molar refractivity (Wildman–Crippen MR) is 141 cm³/mol. The summed E-state index contributed by atoms with van der Waals surface area (Å²) in [5.41, 5.74) is 2.90. The van der Waals surface area contributed by atoms with E-state index in [0.717, 1.165) is 37.7 Å². The molecule has 1 amide bonds. The monoisotopic (exact) mass is 503 g/mol. The van der Waals surface area contributed by atoms with Gasteiger partial charge in [-0.2, -0.15) is 0 Å². The molecule has 7 heteroatoms. The molecule has 2 fully saturated rings. The van der Waals surface area contributed by atoms with E-state index in [0.29, 0.717) is 17.5 Å². The summed E-state index contributed by atoms with van der Waals surface area (Å²) in [5.74, 6) is 0.773. The average molecular weight is 504 g/mol. The van der Waals surface area contributed by atoms with E-state index in [-0.39, 0.29) is 4.90 Å². The van der Waals surface area contributed by atoms with Crippen molar-refractivity contribution in [1.82, 2.24) is 14.9 Å². The van der Waals surface area contributed by atoms with E-state index < -0.39 is 15.9 Å². The zero-order chi connectivity index (χ0) is 25.0. The predicted octanol–water partition coefficient (Wildman–Crippen LogP) is 4.16. The van der Waals surface area contributed by atoms with E-state index in [1.54, 1.807) is 30.3 Å². The van der Waals surface area contributed by atoms with Crippen molar-refractivity contribution < 1.29 is 13.2 Å². The summed E-state index contributed by atoms with van der Waals surface area (Å²) in [6, 6.07) is 26.5. The van der Waals surface area contributed by atoms with Crippen molar-refractivity contribution in [3.63, 3.8) is 0 Å². The molecule has 3 aromatic carbocycles. The largest absolute Gasteiger partial charge is 0.313 e. The Balaban J connectivity index is 1.05. The summed E-state index contributed by atoms with van der Waals surface area (Å²) in [6.45, 7) is 4.06. The molecule has 2 N–H and O–H groups in total. The summed E-state index contributed by atoms with van der Waals surface area (Å²) in [4.78, 5) is 15.0. The standard InChI is InChI=1S/C29H33N3O3S/c33-29(31-36(34,35)26-9-5-2-6-10-26)25-13-11-23(12-14-25)21-32-17-15-22(16-18-32)20-30-28-19-27(28)24-7-3-1-4-8-24/h1-14,22,27-28,30H,15-21H2,(H,31,33)/t27-,28+/m0/s1. The fourth-order valence-corrected chi connectivity index (χ4v) is 6.01. The van der Waals surface area contributed by atoms with Gasteiger partial charge in [-0.05, 0) is 80.2 Å². The molecule has 0 spiro atoms. The van der Waals surface area contributed by atoms with Crippen LogP contribution in [0.2, 0.25) is 0 Å². The Labute approximate surface area is 213 Å². The highest BCUT2D eigenvalue weighted by atomic mass is 32.2. The molecule has 2 aliphatic rings. The van der Waals surface area contributed by atoms with Gasteiger partial charge in [0.05, 0.1) is 4.90 Å². The average Bonchev–Trinajstić information content (AvgIpc) is 3.69. The molecule has 5 rings (SSSR count). The highest BCUT2D eigenvalue weighted by molar-refractivity contribution is 7.90. The SMILES string of the molecule is O=C(NS(=O)(=O)c1ccccc1)c1ccc(CN2CCC(CN[C@@H]3C[C@H]3c3ccccc3)CC2)cc1. The number of hydrogen-bond donors (Lipinski definition) is 2. The molecule has 0 radical (unpaired) electrons. The van der Waals surface area contributed by atoms with Crippen molar-refractivity contribution in [2.45, 2.75) is 42.7 Å². The zero-order valence-corrected chi connectivity index (χ0v) is 21.2. The summed E-state index contributed by atoms with van der Waals surface area (Å²) >= 11 is 0. The normalized spacial score (nSPS) is 20.7. The molecule has 36 heavy (non-hydrogen) atoms. The van der Waals surface area contributed by atoms with Crippen molar-refractivity contribution in [3.8, 4) is 0 Å². The van der Waals surface area contributed by atoms with Crippen molar-refractivity contribution in [2.75, 3.05) is 19.6 Å². The second-order valence-corrected chi connectivity index (χ2v) is 11.6. The van der Waals surface area contributed by atoms with Crippen LogP contribution in [0.15, 0.2) is 89.8 Å². The van der Waals surface area contributed by atoms with E-state index in [9.17, 15) is 13.2 Å². The molecule has 0 bridgehead atoms. The fraction of sp³-hybridized carbons (Fsp3) is 0.345. The van der Waals surface area contributed by atoms with E-state index in [1.807, 2.05) is 12.1 Å². The molecule has 2 atom stereocenters. The van der Waals surface area contributed by atoms with Crippen LogP contribution in [0.5, 0.6) is 0 Å². The smallest absolute Gasteiger partial charge is 0.264 e. The maximum Gasteiger partial charge on any atom is 0.264 e.